The molecule has 2 rings (SSSR count). The maximum absolute atomic E-state index is 12.3. The minimum atomic E-state index is -0.864. The molecule has 1 aromatic carbocycles. The van der Waals surface area contributed by atoms with Gasteiger partial charge in [0.05, 0.1) is 0 Å². The number of carbonyl (C=O) groups is 2. The van der Waals surface area contributed by atoms with Crippen LogP contribution in [-0.2, 0) is 11.4 Å². The van der Waals surface area contributed by atoms with Crippen LogP contribution < -0.4 is 4.74 Å². The predicted molar refractivity (Wildman–Crippen MR) is 88.8 cm³/mol. The number of ether oxygens (including phenoxy) is 1. The van der Waals surface area contributed by atoms with Crippen LogP contribution in [0.5, 0.6) is 5.88 Å². The third-order valence-corrected chi connectivity index (χ3v) is 3.44. The maximum Gasteiger partial charge on any atom is 0.303 e. The molecule has 0 saturated heterocycles. The fourth-order valence-electron chi connectivity index (χ4n) is 2.14. The molecule has 6 nitrogen and oxygen atoms in total. The molecule has 0 atom stereocenters. The number of aromatic nitrogens is 1. The van der Waals surface area contributed by atoms with Crippen LogP contribution in [-0.4, -0.2) is 40.5 Å². The van der Waals surface area contributed by atoms with Crippen molar-refractivity contribution in [1.82, 2.24) is 9.88 Å². The number of hydrogen-bond donors (Lipinski definition) is 1. The number of rotatable bonds is 8. The molecule has 24 heavy (non-hydrogen) atoms. The molecule has 126 valence electrons. The van der Waals surface area contributed by atoms with Crippen LogP contribution in [0.25, 0.3) is 0 Å². The van der Waals surface area contributed by atoms with Crippen LogP contribution in [0.1, 0.15) is 28.8 Å². The van der Waals surface area contributed by atoms with E-state index in [1.807, 2.05) is 30.3 Å². The van der Waals surface area contributed by atoms with Gasteiger partial charge in [0.15, 0.2) is 0 Å². The number of aliphatic carboxylic acids is 1. The summed E-state index contributed by atoms with van der Waals surface area (Å²) in [7, 11) is 1.65. The Morgan fingerprint density at radius 3 is 2.67 bits per heavy atom. The van der Waals surface area contributed by atoms with Crippen molar-refractivity contribution >= 4 is 11.9 Å². The number of amides is 1. The molecule has 0 radical (unpaired) electrons. The number of pyridine rings is 1. The van der Waals surface area contributed by atoms with Gasteiger partial charge in [0, 0.05) is 37.8 Å². The molecule has 0 unspecified atom stereocenters. The summed E-state index contributed by atoms with van der Waals surface area (Å²) in [4.78, 5) is 28.5. The zero-order chi connectivity index (χ0) is 17.4. The van der Waals surface area contributed by atoms with Gasteiger partial charge in [0.2, 0.25) is 5.88 Å². The first-order valence-electron chi connectivity index (χ1n) is 7.66. The van der Waals surface area contributed by atoms with Crippen molar-refractivity contribution in [2.75, 3.05) is 13.6 Å². The second-order valence-electron chi connectivity index (χ2n) is 5.38. The van der Waals surface area contributed by atoms with Gasteiger partial charge in [-0.25, -0.2) is 4.98 Å². The summed E-state index contributed by atoms with van der Waals surface area (Å²) < 4.78 is 5.62. The lowest BCUT2D eigenvalue weighted by molar-refractivity contribution is -0.137. The minimum Gasteiger partial charge on any atom is -0.481 e. The molecule has 0 saturated carbocycles. The third-order valence-electron chi connectivity index (χ3n) is 3.44. The first-order valence-corrected chi connectivity index (χ1v) is 7.66. The zero-order valence-electron chi connectivity index (χ0n) is 13.5. The van der Waals surface area contributed by atoms with Crippen LogP contribution in [0.3, 0.4) is 0 Å². The number of nitrogens with zero attached hydrogens (tertiary/aromatic N) is 2. The maximum atomic E-state index is 12.3. The number of carbonyl (C=O) groups excluding carboxylic acids is 1. The lowest BCUT2D eigenvalue weighted by atomic mass is 10.2. The summed E-state index contributed by atoms with van der Waals surface area (Å²) in [5.74, 6) is -0.674. The van der Waals surface area contributed by atoms with Gasteiger partial charge in [-0.1, -0.05) is 30.3 Å². The average Bonchev–Trinajstić information content (AvgIpc) is 2.60. The smallest absolute Gasteiger partial charge is 0.303 e. The number of carboxylic acid groups (broad SMARTS) is 1. The van der Waals surface area contributed by atoms with E-state index in [4.69, 9.17) is 9.84 Å². The molecule has 1 N–H and O–H groups in total. The molecule has 0 aliphatic carbocycles. The SMILES string of the molecule is CN(CCCC(=O)O)C(=O)c1ccnc(OCc2ccccc2)c1. The Labute approximate surface area is 140 Å². The molecular weight excluding hydrogens is 308 g/mol. The van der Waals surface area contributed by atoms with E-state index >= 15 is 0 Å². The molecule has 6 heteroatoms. The summed E-state index contributed by atoms with van der Waals surface area (Å²) in [5.41, 5.74) is 1.48. The van der Waals surface area contributed by atoms with E-state index in [1.165, 1.54) is 11.1 Å². The molecule has 2 aromatic rings. The van der Waals surface area contributed by atoms with Crippen molar-refractivity contribution in [2.45, 2.75) is 19.4 Å². The number of carboxylic acids is 1. The van der Waals surface area contributed by atoms with Crippen LogP contribution in [0, 0.1) is 0 Å². The predicted octanol–water partition coefficient (Wildman–Crippen LogP) is 2.60. The molecule has 0 aliphatic rings. The summed E-state index contributed by atoms with van der Waals surface area (Å²) in [6.07, 6.45) is 1.98. The molecule has 0 aliphatic heterocycles. The summed E-state index contributed by atoms with van der Waals surface area (Å²) in [6.45, 7) is 0.758. The van der Waals surface area contributed by atoms with E-state index in [-0.39, 0.29) is 12.3 Å². The largest absolute Gasteiger partial charge is 0.481 e. The Bertz CT molecular complexity index is 688. The minimum absolute atomic E-state index is 0.0411. The normalized spacial score (nSPS) is 10.2. The average molecular weight is 328 g/mol. The standard InChI is InChI=1S/C18H20N2O4/c1-20(11-5-8-17(21)22)18(23)15-9-10-19-16(12-15)24-13-14-6-3-2-4-7-14/h2-4,6-7,9-10,12H,5,8,11,13H2,1H3,(H,21,22). The van der Waals surface area contributed by atoms with Crippen molar-refractivity contribution in [1.29, 1.82) is 0 Å². The molecule has 1 aromatic heterocycles. The third kappa shape index (κ3) is 5.39. The van der Waals surface area contributed by atoms with Gasteiger partial charge in [0.1, 0.15) is 6.61 Å². The fourth-order valence-corrected chi connectivity index (χ4v) is 2.14. The van der Waals surface area contributed by atoms with E-state index < -0.39 is 5.97 Å². The second-order valence-corrected chi connectivity index (χ2v) is 5.38. The van der Waals surface area contributed by atoms with Gasteiger partial charge >= 0.3 is 5.97 Å². The van der Waals surface area contributed by atoms with E-state index in [1.54, 1.807) is 19.2 Å². The van der Waals surface area contributed by atoms with E-state index in [0.717, 1.165) is 5.56 Å². The van der Waals surface area contributed by atoms with E-state index in [2.05, 4.69) is 4.98 Å². The Morgan fingerprint density at radius 1 is 1.21 bits per heavy atom. The molecular formula is C18H20N2O4. The van der Waals surface area contributed by atoms with Gasteiger partial charge < -0.3 is 14.7 Å². The summed E-state index contributed by atoms with van der Waals surface area (Å²) >= 11 is 0. The zero-order valence-corrected chi connectivity index (χ0v) is 13.5. The topological polar surface area (TPSA) is 79.7 Å². The quantitative estimate of drug-likeness (QED) is 0.806. The van der Waals surface area contributed by atoms with Crippen molar-refractivity contribution in [2.24, 2.45) is 0 Å². The molecule has 0 fully saturated rings. The van der Waals surface area contributed by atoms with Crippen molar-refractivity contribution in [3.05, 3.63) is 59.8 Å². The molecule has 1 amide bonds. The van der Waals surface area contributed by atoms with Crippen molar-refractivity contribution in [3.63, 3.8) is 0 Å². The van der Waals surface area contributed by atoms with Crippen molar-refractivity contribution < 1.29 is 19.4 Å². The Morgan fingerprint density at radius 2 is 1.96 bits per heavy atom. The van der Waals surface area contributed by atoms with Crippen molar-refractivity contribution in [3.8, 4) is 5.88 Å². The fraction of sp³-hybridized carbons (Fsp3) is 0.278. The van der Waals surface area contributed by atoms with Crippen LogP contribution in [0.4, 0.5) is 0 Å². The summed E-state index contributed by atoms with van der Waals surface area (Å²) in [6, 6.07) is 12.9. The first kappa shape index (κ1) is 17.5. The highest BCUT2D eigenvalue weighted by atomic mass is 16.5. The van der Waals surface area contributed by atoms with Crippen LogP contribution in [0.2, 0.25) is 0 Å². The van der Waals surface area contributed by atoms with Gasteiger partial charge in [-0.3, -0.25) is 9.59 Å². The highest BCUT2D eigenvalue weighted by molar-refractivity contribution is 5.94. The Hall–Kier alpha value is -2.89. The van der Waals surface area contributed by atoms with Gasteiger partial charge in [-0.05, 0) is 18.1 Å². The highest BCUT2D eigenvalue weighted by Gasteiger charge is 2.13. The first-order chi connectivity index (χ1) is 11.6. The molecule has 0 bridgehead atoms. The Kier molecular flexibility index (Phi) is 6.31. The van der Waals surface area contributed by atoms with E-state index in [0.29, 0.717) is 31.0 Å². The van der Waals surface area contributed by atoms with Gasteiger partial charge in [-0.2, -0.15) is 0 Å². The second kappa shape index (κ2) is 8.67. The lowest BCUT2D eigenvalue weighted by Crippen LogP contribution is -2.28. The van der Waals surface area contributed by atoms with Crippen LogP contribution >= 0.6 is 0 Å². The van der Waals surface area contributed by atoms with E-state index in [9.17, 15) is 9.59 Å². The highest BCUT2D eigenvalue weighted by Crippen LogP contribution is 2.13. The van der Waals surface area contributed by atoms with Crippen LogP contribution in [0.15, 0.2) is 48.7 Å². The number of hydrogen-bond acceptors (Lipinski definition) is 4. The molecule has 0 spiro atoms. The lowest BCUT2D eigenvalue weighted by Gasteiger charge is -2.17. The monoisotopic (exact) mass is 328 g/mol. The number of benzene rings is 1. The summed E-state index contributed by atoms with van der Waals surface area (Å²) in [5, 5.41) is 8.64. The van der Waals surface area contributed by atoms with Gasteiger partial charge in [-0.15, -0.1) is 0 Å². The molecule has 1 heterocycles. The Balaban J connectivity index is 1.93. The van der Waals surface area contributed by atoms with Gasteiger partial charge in [0.25, 0.3) is 5.91 Å².